The summed E-state index contributed by atoms with van der Waals surface area (Å²) in [7, 11) is 0. The number of benzene rings is 1. The van der Waals surface area contributed by atoms with Gasteiger partial charge in [0, 0.05) is 18.2 Å². The third-order valence-electron chi connectivity index (χ3n) is 3.97. The average Bonchev–Trinajstić information content (AvgIpc) is 3.25. The Labute approximate surface area is 133 Å². The van der Waals surface area contributed by atoms with Crippen LogP contribution in [0.25, 0.3) is 0 Å². The van der Waals surface area contributed by atoms with Crippen molar-refractivity contribution in [3.05, 3.63) is 41.0 Å². The fourth-order valence-corrected chi connectivity index (χ4v) is 3.57. The van der Waals surface area contributed by atoms with Crippen LogP contribution in [0.2, 0.25) is 0 Å². The lowest BCUT2D eigenvalue weighted by atomic mass is 10.0. The maximum absolute atomic E-state index is 13.1. The molecule has 0 spiro atoms. The van der Waals surface area contributed by atoms with E-state index in [1.54, 1.807) is 6.07 Å². The Kier molecular flexibility index (Phi) is 4.49. The van der Waals surface area contributed by atoms with Crippen LogP contribution in [-0.4, -0.2) is 25.6 Å². The lowest BCUT2D eigenvalue weighted by Gasteiger charge is -2.13. The van der Waals surface area contributed by atoms with Gasteiger partial charge in [0.05, 0.1) is 6.10 Å². The van der Waals surface area contributed by atoms with Gasteiger partial charge in [0.25, 0.3) is 0 Å². The van der Waals surface area contributed by atoms with Gasteiger partial charge < -0.3 is 9.67 Å². The number of rotatable bonds is 6. The van der Waals surface area contributed by atoms with Gasteiger partial charge in [0.2, 0.25) is 0 Å². The second kappa shape index (κ2) is 6.38. The number of hydrogen-bond acceptors (Lipinski definition) is 4. The molecule has 118 valence electrons. The molecule has 1 unspecified atom stereocenters. The summed E-state index contributed by atoms with van der Waals surface area (Å²) in [6.45, 7) is 4.73. The van der Waals surface area contributed by atoms with E-state index in [-0.39, 0.29) is 5.82 Å². The molecule has 0 aliphatic heterocycles. The average molecular weight is 321 g/mol. The molecule has 1 N–H and O–H groups in total. The highest BCUT2D eigenvalue weighted by Crippen LogP contribution is 2.40. The second-order valence-electron chi connectivity index (χ2n) is 5.69. The number of nitrogens with zero attached hydrogens (tertiary/aromatic N) is 3. The van der Waals surface area contributed by atoms with Crippen LogP contribution in [0, 0.1) is 12.7 Å². The molecule has 1 heterocycles. The summed E-state index contributed by atoms with van der Waals surface area (Å²) in [6, 6.07) is 4.48. The summed E-state index contributed by atoms with van der Waals surface area (Å²) in [5.41, 5.74) is 1.53. The predicted octanol–water partition coefficient (Wildman–Crippen LogP) is 3.45. The fraction of sp³-hybridized carbons (Fsp3) is 0.500. The summed E-state index contributed by atoms with van der Waals surface area (Å²) in [4.78, 5) is 0. The number of aromatic nitrogens is 3. The maximum Gasteiger partial charge on any atom is 0.191 e. The minimum Gasteiger partial charge on any atom is -0.388 e. The van der Waals surface area contributed by atoms with Crippen molar-refractivity contribution in [2.24, 2.45) is 0 Å². The SMILES string of the molecule is CCn1c(SCC(O)c2ccc(F)cc2C)nnc1C1CC1. The smallest absolute Gasteiger partial charge is 0.191 e. The molecule has 1 aliphatic carbocycles. The van der Waals surface area contributed by atoms with Crippen molar-refractivity contribution in [1.29, 1.82) is 0 Å². The summed E-state index contributed by atoms with van der Waals surface area (Å²) in [5, 5.41) is 19.7. The first kappa shape index (κ1) is 15.5. The highest BCUT2D eigenvalue weighted by atomic mass is 32.2. The van der Waals surface area contributed by atoms with Gasteiger partial charge in [-0.2, -0.15) is 0 Å². The Hall–Kier alpha value is -1.40. The summed E-state index contributed by atoms with van der Waals surface area (Å²) >= 11 is 1.50. The van der Waals surface area contributed by atoms with E-state index in [0.29, 0.717) is 11.7 Å². The molecule has 1 aromatic carbocycles. The Balaban J connectivity index is 1.69. The third kappa shape index (κ3) is 3.17. The van der Waals surface area contributed by atoms with Gasteiger partial charge in [-0.25, -0.2) is 4.39 Å². The van der Waals surface area contributed by atoms with Crippen LogP contribution in [0.3, 0.4) is 0 Å². The molecule has 22 heavy (non-hydrogen) atoms. The van der Waals surface area contributed by atoms with Crippen LogP contribution < -0.4 is 0 Å². The first-order chi connectivity index (χ1) is 10.6. The van der Waals surface area contributed by atoms with Crippen LogP contribution >= 0.6 is 11.8 Å². The van der Waals surface area contributed by atoms with Crippen molar-refractivity contribution in [2.75, 3.05) is 5.75 Å². The van der Waals surface area contributed by atoms with E-state index in [0.717, 1.165) is 28.7 Å². The highest BCUT2D eigenvalue weighted by Gasteiger charge is 2.30. The van der Waals surface area contributed by atoms with E-state index < -0.39 is 6.10 Å². The summed E-state index contributed by atoms with van der Waals surface area (Å²) < 4.78 is 15.3. The van der Waals surface area contributed by atoms with Crippen LogP contribution in [0.5, 0.6) is 0 Å². The standard InChI is InChI=1S/C16H20FN3OS/c1-3-20-15(11-4-5-11)18-19-16(20)22-9-14(21)13-7-6-12(17)8-10(13)2/h6-8,11,14,21H,3-5,9H2,1-2H3. The van der Waals surface area contributed by atoms with Gasteiger partial charge in [-0.05, 0) is 49.9 Å². The van der Waals surface area contributed by atoms with Crippen molar-refractivity contribution >= 4 is 11.8 Å². The van der Waals surface area contributed by atoms with Crippen molar-refractivity contribution < 1.29 is 9.50 Å². The summed E-state index contributed by atoms with van der Waals surface area (Å²) in [5.74, 6) is 1.83. The van der Waals surface area contributed by atoms with E-state index in [4.69, 9.17) is 0 Å². The monoisotopic (exact) mass is 321 g/mol. The van der Waals surface area contributed by atoms with E-state index >= 15 is 0 Å². The van der Waals surface area contributed by atoms with Crippen molar-refractivity contribution in [2.45, 2.75) is 50.4 Å². The number of hydrogen-bond donors (Lipinski definition) is 1. The molecule has 6 heteroatoms. The Morgan fingerprint density at radius 3 is 2.82 bits per heavy atom. The molecular weight excluding hydrogens is 301 g/mol. The molecule has 0 radical (unpaired) electrons. The van der Waals surface area contributed by atoms with Gasteiger partial charge in [-0.15, -0.1) is 10.2 Å². The zero-order valence-electron chi connectivity index (χ0n) is 12.8. The first-order valence-corrected chi connectivity index (χ1v) is 8.58. The zero-order chi connectivity index (χ0) is 15.7. The lowest BCUT2D eigenvalue weighted by molar-refractivity contribution is 0.203. The van der Waals surface area contributed by atoms with Gasteiger partial charge in [-0.1, -0.05) is 17.8 Å². The molecule has 1 aliphatic rings. The summed E-state index contributed by atoms with van der Waals surface area (Å²) in [6.07, 6.45) is 1.75. The molecule has 3 rings (SSSR count). The second-order valence-corrected chi connectivity index (χ2v) is 6.67. The van der Waals surface area contributed by atoms with E-state index in [1.807, 2.05) is 6.92 Å². The highest BCUT2D eigenvalue weighted by molar-refractivity contribution is 7.99. The van der Waals surface area contributed by atoms with Gasteiger partial charge in [0.1, 0.15) is 11.6 Å². The quantitative estimate of drug-likeness (QED) is 0.828. The maximum atomic E-state index is 13.1. The van der Waals surface area contributed by atoms with Crippen LogP contribution in [0.4, 0.5) is 4.39 Å². The molecule has 1 fully saturated rings. The first-order valence-electron chi connectivity index (χ1n) is 7.60. The topological polar surface area (TPSA) is 50.9 Å². The van der Waals surface area contributed by atoms with E-state index in [9.17, 15) is 9.50 Å². The van der Waals surface area contributed by atoms with Crippen LogP contribution in [0.15, 0.2) is 23.4 Å². The number of thioether (sulfide) groups is 1. The third-order valence-corrected chi connectivity index (χ3v) is 5.01. The molecule has 4 nitrogen and oxygen atoms in total. The Morgan fingerprint density at radius 1 is 1.41 bits per heavy atom. The van der Waals surface area contributed by atoms with Gasteiger partial charge >= 0.3 is 0 Å². The molecule has 0 amide bonds. The number of aliphatic hydroxyl groups is 1. The lowest BCUT2D eigenvalue weighted by Crippen LogP contribution is -2.06. The molecule has 1 aromatic heterocycles. The van der Waals surface area contributed by atoms with Gasteiger partial charge in [0.15, 0.2) is 5.16 Å². The number of aliphatic hydroxyl groups excluding tert-OH is 1. The fourth-order valence-electron chi connectivity index (χ4n) is 2.60. The number of halogens is 1. The normalized spacial score (nSPS) is 16.0. The Morgan fingerprint density at radius 2 is 2.18 bits per heavy atom. The van der Waals surface area contributed by atoms with Crippen molar-refractivity contribution in [1.82, 2.24) is 14.8 Å². The predicted molar refractivity (Wildman–Crippen MR) is 84.5 cm³/mol. The zero-order valence-corrected chi connectivity index (χ0v) is 13.6. The minimum absolute atomic E-state index is 0.277. The van der Waals surface area contributed by atoms with Crippen LogP contribution in [-0.2, 0) is 6.54 Å². The molecule has 1 atom stereocenters. The van der Waals surface area contributed by atoms with Crippen LogP contribution in [0.1, 0.15) is 48.7 Å². The van der Waals surface area contributed by atoms with Crippen molar-refractivity contribution in [3.8, 4) is 0 Å². The largest absolute Gasteiger partial charge is 0.388 e. The molecule has 1 saturated carbocycles. The molecule has 0 bridgehead atoms. The molecular formula is C16H20FN3OS. The Bertz CT molecular complexity index is 669. The number of aryl methyl sites for hydroxylation is 1. The molecule has 0 saturated heterocycles. The van der Waals surface area contributed by atoms with Crippen molar-refractivity contribution in [3.63, 3.8) is 0 Å². The van der Waals surface area contributed by atoms with Gasteiger partial charge in [-0.3, -0.25) is 0 Å². The van der Waals surface area contributed by atoms with E-state index in [1.165, 1.54) is 36.7 Å². The van der Waals surface area contributed by atoms with E-state index in [2.05, 4.69) is 21.7 Å². The minimum atomic E-state index is -0.642. The molecule has 2 aromatic rings.